The Morgan fingerprint density at radius 1 is 1.06 bits per heavy atom. The van der Waals surface area contributed by atoms with Crippen LogP contribution < -0.4 is 4.90 Å². The molecule has 0 saturated carbocycles. The summed E-state index contributed by atoms with van der Waals surface area (Å²) in [5.74, 6) is -0.206. The second-order valence-electron chi connectivity index (χ2n) is 9.35. The van der Waals surface area contributed by atoms with Gasteiger partial charge in [-0.05, 0) is 74.9 Å². The van der Waals surface area contributed by atoms with E-state index in [-0.39, 0.29) is 16.9 Å². The van der Waals surface area contributed by atoms with Gasteiger partial charge in [0.25, 0.3) is 5.91 Å². The molecule has 7 nitrogen and oxygen atoms in total. The van der Waals surface area contributed by atoms with E-state index >= 15 is 0 Å². The van der Waals surface area contributed by atoms with E-state index in [4.69, 9.17) is 9.72 Å². The summed E-state index contributed by atoms with van der Waals surface area (Å²) in [5.41, 5.74) is 3.54. The highest BCUT2D eigenvalue weighted by Gasteiger charge is 2.28. The summed E-state index contributed by atoms with van der Waals surface area (Å²) < 4.78 is 34.7. The molecule has 36 heavy (non-hydrogen) atoms. The van der Waals surface area contributed by atoms with Gasteiger partial charge in [0.05, 0.1) is 27.8 Å². The largest absolute Gasteiger partial charge is 0.376 e. The summed E-state index contributed by atoms with van der Waals surface area (Å²) in [6, 6.07) is 10.4. The molecule has 1 atom stereocenters. The number of hydrogen-bond acceptors (Lipinski definition) is 6. The number of rotatable bonds is 10. The molecule has 1 amide bonds. The molecule has 0 bridgehead atoms. The first kappa shape index (κ1) is 26.7. The molecule has 4 rings (SSSR count). The highest BCUT2D eigenvalue weighted by molar-refractivity contribution is 7.89. The summed E-state index contributed by atoms with van der Waals surface area (Å²) >= 11 is 1.51. The Balaban J connectivity index is 1.66. The van der Waals surface area contributed by atoms with Gasteiger partial charge in [0.1, 0.15) is 0 Å². The van der Waals surface area contributed by atoms with Gasteiger partial charge in [-0.25, -0.2) is 13.4 Å². The lowest BCUT2D eigenvalue weighted by molar-refractivity contribution is 0.0917. The molecule has 2 aromatic carbocycles. The van der Waals surface area contributed by atoms with Crippen molar-refractivity contribution in [3.63, 3.8) is 0 Å². The molecule has 0 aliphatic carbocycles. The predicted molar refractivity (Wildman–Crippen MR) is 146 cm³/mol. The van der Waals surface area contributed by atoms with Crippen molar-refractivity contribution >= 4 is 42.6 Å². The quantitative estimate of drug-likeness (QED) is 0.344. The highest BCUT2D eigenvalue weighted by atomic mass is 32.2. The molecule has 1 aliphatic rings. The van der Waals surface area contributed by atoms with Gasteiger partial charge < -0.3 is 4.74 Å². The molecule has 1 aliphatic heterocycles. The number of ether oxygens (including phenoxy) is 1. The van der Waals surface area contributed by atoms with E-state index in [0.29, 0.717) is 36.9 Å². The van der Waals surface area contributed by atoms with Crippen molar-refractivity contribution in [1.29, 1.82) is 0 Å². The molecule has 2 heterocycles. The van der Waals surface area contributed by atoms with Crippen molar-refractivity contribution in [2.45, 2.75) is 64.4 Å². The summed E-state index contributed by atoms with van der Waals surface area (Å²) in [6.45, 7) is 10.1. The number of thiazole rings is 1. The molecule has 0 radical (unpaired) electrons. The number of amides is 1. The van der Waals surface area contributed by atoms with Crippen LogP contribution in [0.15, 0.2) is 41.3 Å². The fraction of sp³-hybridized carbons (Fsp3) is 0.481. The second kappa shape index (κ2) is 11.4. The number of nitrogens with zero attached hydrogens (tertiary/aromatic N) is 3. The normalized spacial score (nSPS) is 16.2. The van der Waals surface area contributed by atoms with Crippen LogP contribution in [-0.4, -0.2) is 56.0 Å². The van der Waals surface area contributed by atoms with Gasteiger partial charge in [-0.2, -0.15) is 4.31 Å². The topological polar surface area (TPSA) is 79.8 Å². The first-order chi connectivity index (χ1) is 17.3. The molecular formula is C27H35N3O4S2. The summed E-state index contributed by atoms with van der Waals surface area (Å²) in [6.07, 6.45) is 3.32. The Bertz CT molecular complexity index is 1270. The standard InChI is InChI=1S/C27H35N3O4S2/c1-5-15-29(16-6-2)36(32,33)23-13-11-21(12-14-23)26(31)30(18-22-8-7-17-34-22)27-28-24-19(3)9-10-20(4)25(24)35-27/h9-14,22H,5-8,15-18H2,1-4H3. The Kier molecular flexibility index (Phi) is 8.44. The predicted octanol–water partition coefficient (Wildman–Crippen LogP) is 5.55. The minimum atomic E-state index is -3.61. The van der Waals surface area contributed by atoms with Crippen molar-refractivity contribution in [3.05, 3.63) is 53.1 Å². The maximum absolute atomic E-state index is 13.8. The SMILES string of the molecule is CCCN(CCC)S(=O)(=O)c1ccc(C(=O)N(CC2CCCO2)c2nc3c(C)ccc(C)c3s2)cc1. The van der Waals surface area contributed by atoms with Gasteiger partial charge in [-0.1, -0.05) is 37.3 Å². The van der Waals surface area contributed by atoms with Crippen molar-refractivity contribution in [2.75, 3.05) is 31.1 Å². The zero-order valence-electron chi connectivity index (χ0n) is 21.5. The third-order valence-corrected chi connectivity index (χ3v) is 9.63. The molecule has 1 unspecified atom stereocenters. The first-order valence-corrected chi connectivity index (χ1v) is 14.9. The lowest BCUT2D eigenvalue weighted by atomic mass is 10.1. The van der Waals surface area contributed by atoms with Crippen LogP contribution in [0, 0.1) is 13.8 Å². The van der Waals surface area contributed by atoms with Gasteiger partial charge >= 0.3 is 0 Å². The maximum Gasteiger partial charge on any atom is 0.260 e. The highest BCUT2D eigenvalue weighted by Crippen LogP contribution is 2.34. The molecule has 9 heteroatoms. The van der Waals surface area contributed by atoms with Gasteiger partial charge in [0.2, 0.25) is 10.0 Å². The van der Waals surface area contributed by atoms with Gasteiger partial charge in [0.15, 0.2) is 5.13 Å². The van der Waals surface area contributed by atoms with E-state index in [9.17, 15) is 13.2 Å². The van der Waals surface area contributed by atoms with Crippen LogP contribution >= 0.6 is 11.3 Å². The van der Waals surface area contributed by atoms with Crippen LogP contribution in [0.4, 0.5) is 5.13 Å². The molecule has 1 aromatic heterocycles. The molecule has 3 aromatic rings. The molecule has 194 valence electrons. The van der Waals surface area contributed by atoms with Gasteiger partial charge in [-0.3, -0.25) is 9.69 Å². The van der Waals surface area contributed by atoms with Crippen LogP contribution in [0.1, 0.15) is 61.0 Å². The number of carbonyl (C=O) groups excluding carboxylic acids is 1. The van der Waals surface area contributed by atoms with Crippen LogP contribution in [0.25, 0.3) is 10.2 Å². The lowest BCUT2D eigenvalue weighted by Crippen LogP contribution is -2.37. The molecule has 1 fully saturated rings. The molecule has 0 spiro atoms. The van der Waals surface area contributed by atoms with Crippen LogP contribution in [0.2, 0.25) is 0 Å². The van der Waals surface area contributed by atoms with E-state index in [0.717, 1.165) is 47.0 Å². The van der Waals surface area contributed by atoms with Crippen molar-refractivity contribution < 1.29 is 17.9 Å². The Hall–Kier alpha value is -2.33. The summed E-state index contributed by atoms with van der Waals surface area (Å²) in [7, 11) is -3.61. The monoisotopic (exact) mass is 529 g/mol. The number of hydrogen-bond donors (Lipinski definition) is 0. The minimum Gasteiger partial charge on any atom is -0.376 e. The molecular weight excluding hydrogens is 494 g/mol. The average Bonchev–Trinajstić information content (AvgIpc) is 3.55. The van der Waals surface area contributed by atoms with Crippen LogP contribution in [-0.2, 0) is 14.8 Å². The third-order valence-electron chi connectivity index (χ3n) is 6.50. The van der Waals surface area contributed by atoms with Gasteiger partial charge in [-0.15, -0.1) is 0 Å². The van der Waals surface area contributed by atoms with E-state index in [1.807, 2.05) is 26.8 Å². The Morgan fingerprint density at radius 3 is 2.31 bits per heavy atom. The minimum absolute atomic E-state index is 0.0422. The van der Waals surface area contributed by atoms with E-state index in [1.54, 1.807) is 17.0 Å². The average molecular weight is 530 g/mol. The number of benzene rings is 2. The zero-order valence-corrected chi connectivity index (χ0v) is 23.1. The fourth-order valence-electron chi connectivity index (χ4n) is 4.53. The zero-order chi connectivity index (χ0) is 25.9. The second-order valence-corrected chi connectivity index (χ2v) is 12.3. The van der Waals surface area contributed by atoms with E-state index in [2.05, 4.69) is 13.0 Å². The number of anilines is 1. The number of aromatic nitrogens is 1. The van der Waals surface area contributed by atoms with Gasteiger partial charge in [0, 0.05) is 25.3 Å². The number of fused-ring (bicyclic) bond motifs is 1. The van der Waals surface area contributed by atoms with Crippen LogP contribution in [0.3, 0.4) is 0 Å². The number of sulfonamides is 1. The van der Waals surface area contributed by atoms with Crippen molar-refractivity contribution in [1.82, 2.24) is 9.29 Å². The number of aryl methyl sites for hydroxylation is 2. The number of carbonyl (C=O) groups is 1. The molecule has 1 saturated heterocycles. The fourth-order valence-corrected chi connectivity index (χ4v) is 7.27. The van der Waals surface area contributed by atoms with Crippen LogP contribution in [0.5, 0.6) is 0 Å². The molecule has 0 N–H and O–H groups in total. The smallest absolute Gasteiger partial charge is 0.260 e. The maximum atomic E-state index is 13.8. The van der Waals surface area contributed by atoms with Crippen molar-refractivity contribution in [2.24, 2.45) is 0 Å². The first-order valence-electron chi connectivity index (χ1n) is 12.7. The Morgan fingerprint density at radius 2 is 1.72 bits per heavy atom. The summed E-state index contributed by atoms with van der Waals surface area (Å²) in [5, 5.41) is 0.636. The van der Waals surface area contributed by atoms with E-state index in [1.165, 1.54) is 27.8 Å². The van der Waals surface area contributed by atoms with Crippen molar-refractivity contribution in [3.8, 4) is 0 Å². The lowest BCUT2D eigenvalue weighted by Gasteiger charge is -2.24. The third kappa shape index (κ3) is 5.49. The Labute approximate surface area is 218 Å². The van der Waals surface area contributed by atoms with E-state index < -0.39 is 10.0 Å². The summed E-state index contributed by atoms with van der Waals surface area (Å²) in [4.78, 5) is 20.5.